The molecule has 0 aromatic rings. The quantitative estimate of drug-likeness (QED) is 0.0698. The summed E-state index contributed by atoms with van der Waals surface area (Å²) in [7, 11) is 0. The van der Waals surface area contributed by atoms with Crippen LogP contribution < -0.4 is 33.2 Å². The molecule has 0 aromatic heterocycles. The molecule has 0 rings (SSSR count). The maximum absolute atomic E-state index is 12.2. The molecule has 0 radical (unpaired) electrons. The Kier molecular flexibility index (Phi) is 11.6. The van der Waals surface area contributed by atoms with Crippen molar-refractivity contribution < 1.29 is 24.3 Å². The smallest absolute Gasteiger partial charge is 0.325 e. The van der Waals surface area contributed by atoms with Gasteiger partial charge >= 0.3 is 5.97 Å². The molecule has 0 heterocycles. The van der Waals surface area contributed by atoms with Crippen molar-refractivity contribution in [2.24, 2.45) is 22.2 Å². The van der Waals surface area contributed by atoms with Crippen molar-refractivity contribution in [3.8, 4) is 0 Å². The van der Waals surface area contributed by atoms with Gasteiger partial charge in [-0.25, -0.2) is 0 Å². The Morgan fingerprint density at radius 2 is 1.57 bits per heavy atom. The van der Waals surface area contributed by atoms with Crippen LogP contribution in [0.4, 0.5) is 0 Å². The fraction of sp³-hybridized carbons (Fsp3) is 0.667. The predicted octanol–water partition coefficient (Wildman–Crippen LogP) is -3.12. The van der Waals surface area contributed by atoms with E-state index in [2.05, 4.69) is 33.6 Å². The van der Waals surface area contributed by atoms with Gasteiger partial charge in [0, 0.05) is 12.3 Å². The van der Waals surface area contributed by atoms with Crippen molar-refractivity contribution in [2.45, 2.75) is 50.9 Å². The van der Waals surface area contributed by atoms with E-state index in [1.54, 1.807) is 0 Å². The third kappa shape index (κ3) is 9.97. The molecule has 0 aliphatic rings. The number of nitrogens with two attached hydrogens (primary N) is 3. The average molecular weight is 420 g/mol. The van der Waals surface area contributed by atoms with E-state index < -0.39 is 47.9 Å². The third-order valence-electron chi connectivity index (χ3n) is 3.60. The van der Waals surface area contributed by atoms with E-state index in [0.717, 1.165) is 0 Å². The molecule has 0 spiro atoms. The molecular weight excluding hydrogens is 390 g/mol. The third-order valence-corrected chi connectivity index (χ3v) is 3.97. The predicted molar refractivity (Wildman–Crippen MR) is 107 cm³/mol. The number of guanidine groups is 1. The van der Waals surface area contributed by atoms with E-state index in [-0.39, 0.29) is 11.7 Å². The van der Waals surface area contributed by atoms with Gasteiger partial charge in [0.1, 0.15) is 18.1 Å². The number of carboxylic acid groups (broad SMARTS) is 1. The SMILES string of the molecule is CC(NC(=O)C(C)NC(=O)C(CS)NC(=O)C(N)CCCN=C(N)N)C(=O)O. The Bertz CT molecular complexity index is 597. The number of aliphatic carboxylic acids is 1. The number of rotatable bonds is 12. The van der Waals surface area contributed by atoms with Crippen molar-refractivity contribution in [2.75, 3.05) is 12.3 Å². The van der Waals surface area contributed by atoms with Crippen LogP contribution in [-0.2, 0) is 19.2 Å². The monoisotopic (exact) mass is 419 g/mol. The lowest BCUT2D eigenvalue weighted by molar-refractivity contribution is -0.141. The Morgan fingerprint density at radius 3 is 2.07 bits per heavy atom. The first-order valence-corrected chi connectivity index (χ1v) is 9.18. The zero-order valence-corrected chi connectivity index (χ0v) is 16.7. The van der Waals surface area contributed by atoms with Crippen molar-refractivity contribution in [1.29, 1.82) is 0 Å². The van der Waals surface area contributed by atoms with Gasteiger partial charge in [0.15, 0.2) is 5.96 Å². The van der Waals surface area contributed by atoms with Crippen LogP contribution in [0.15, 0.2) is 4.99 Å². The summed E-state index contributed by atoms with van der Waals surface area (Å²) in [6.45, 7) is 3.00. The minimum Gasteiger partial charge on any atom is -0.480 e. The highest BCUT2D eigenvalue weighted by atomic mass is 32.1. The lowest BCUT2D eigenvalue weighted by Gasteiger charge is -2.22. The number of hydrogen-bond acceptors (Lipinski definition) is 7. The van der Waals surface area contributed by atoms with E-state index in [9.17, 15) is 19.2 Å². The van der Waals surface area contributed by atoms with Gasteiger partial charge in [-0.3, -0.25) is 24.2 Å². The Hall–Kier alpha value is -2.54. The topological polar surface area (TPSA) is 215 Å². The van der Waals surface area contributed by atoms with E-state index in [1.807, 2.05) is 0 Å². The van der Waals surface area contributed by atoms with Crippen molar-refractivity contribution in [3.63, 3.8) is 0 Å². The number of thiol groups is 1. The van der Waals surface area contributed by atoms with Crippen LogP contribution in [0.1, 0.15) is 26.7 Å². The number of aliphatic imine (C=N–C) groups is 1. The van der Waals surface area contributed by atoms with E-state index in [4.69, 9.17) is 22.3 Å². The first kappa shape index (κ1) is 25.5. The molecule has 4 atom stereocenters. The largest absolute Gasteiger partial charge is 0.480 e. The highest BCUT2D eigenvalue weighted by molar-refractivity contribution is 7.80. The van der Waals surface area contributed by atoms with E-state index in [1.165, 1.54) is 13.8 Å². The second-order valence-corrected chi connectivity index (χ2v) is 6.46. The summed E-state index contributed by atoms with van der Waals surface area (Å²) in [5.41, 5.74) is 16.2. The second kappa shape index (κ2) is 12.8. The Labute approximate surface area is 168 Å². The van der Waals surface area contributed by atoms with Crippen molar-refractivity contribution in [3.05, 3.63) is 0 Å². The molecule has 0 aliphatic carbocycles. The maximum atomic E-state index is 12.2. The summed E-state index contributed by atoms with van der Waals surface area (Å²) in [6, 6.07) is -4.01. The summed E-state index contributed by atoms with van der Waals surface area (Å²) in [5, 5.41) is 15.9. The molecule has 28 heavy (non-hydrogen) atoms. The molecule has 10 N–H and O–H groups in total. The van der Waals surface area contributed by atoms with Crippen LogP contribution in [0.25, 0.3) is 0 Å². The van der Waals surface area contributed by atoms with Crippen molar-refractivity contribution >= 4 is 42.3 Å². The Balaban J connectivity index is 4.57. The number of carbonyl (C=O) groups excluding carboxylic acids is 3. The average Bonchev–Trinajstić information content (AvgIpc) is 2.61. The van der Waals surface area contributed by atoms with Gasteiger partial charge in [-0.15, -0.1) is 0 Å². The van der Waals surface area contributed by atoms with Crippen LogP contribution in [-0.4, -0.2) is 71.2 Å². The van der Waals surface area contributed by atoms with Gasteiger partial charge < -0.3 is 38.3 Å². The molecule has 0 fully saturated rings. The molecule has 0 saturated carbocycles. The first-order chi connectivity index (χ1) is 13.0. The molecular formula is C15H29N7O5S. The lowest BCUT2D eigenvalue weighted by atomic mass is 10.1. The normalized spacial score (nSPS) is 14.7. The number of nitrogens with zero attached hydrogens (tertiary/aromatic N) is 1. The van der Waals surface area contributed by atoms with Gasteiger partial charge in [-0.05, 0) is 26.7 Å². The highest BCUT2D eigenvalue weighted by Gasteiger charge is 2.26. The van der Waals surface area contributed by atoms with Crippen LogP contribution in [0.5, 0.6) is 0 Å². The summed E-state index contributed by atoms with van der Waals surface area (Å²) < 4.78 is 0. The number of carboxylic acids is 1. The van der Waals surface area contributed by atoms with E-state index in [0.29, 0.717) is 19.4 Å². The van der Waals surface area contributed by atoms with Gasteiger partial charge in [0.2, 0.25) is 17.7 Å². The summed E-state index contributed by atoms with van der Waals surface area (Å²) in [5.74, 6) is -3.18. The fourth-order valence-corrected chi connectivity index (χ4v) is 2.16. The molecule has 3 amide bonds. The van der Waals surface area contributed by atoms with Gasteiger partial charge in [0.25, 0.3) is 0 Å². The molecule has 4 unspecified atom stereocenters. The molecule has 0 aliphatic heterocycles. The zero-order chi connectivity index (χ0) is 21.9. The van der Waals surface area contributed by atoms with Gasteiger partial charge in [-0.1, -0.05) is 0 Å². The summed E-state index contributed by atoms with van der Waals surface area (Å²) >= 11 is 4.02. The minimum atomic E-state index is -1.21. The Morgan fingerprint density at radius 1 is 1.00 bits per heavy atom. The fourth-order valence-electron chi connectivity index (χ4n) is 1.90. The number of carbonyl (C=O) groups is 4. The van der Waals surface area contributed by atoms with Crippen LogP contribution in [0.3, 0.4) is 0 Å². The van der Waals surface area contributed by atoms with Crippen LogP contribution in [0, 0.1) is 0 Å². The number of amides is 3. The van der Waals surface area contributed by atoms with Crippen molar-refractivity contribution in [1.82, 2.24) is 16.0 Å². The molecule has 0 saturated heterocycles. The summed E-state index contributed by atoms with van der Waals surface area (Å²) in [4.78, 5) is 50.8. The second-order valence-electron chi connectivity index (χ2n) is 6.10. The molecule has 0 aromatic carbocycles. The van der Waals surface area contributed by atoms with E-state index >= 15 is 0 Å². The number of hydrogen-bond donors (Lipinski definition) is 8. The standard InChI is InChI=1S/C15H29N7O5S/c1-7(11(23)21-8(2)14(26)27)20-13(25)10(6-28)22-12(24)9(16)4-3-5-19-15(17)18/h7-10,28H,3-6,16H2,1-2H3,(H,20,25)(H,21,23)(H,22,24)(H,26,27)(H4,17,18,19). The zero-order valence-electron chi connectivity index (χ0n) is 15.8. The highest BCUT2D eigenvalue weighted by Crippen LogP contribution is 1.98. The number of nitrogens with one attached hydrogen (secondary N) is 3. The van der Waals surface area contributed by atoms with Gasteiger partial charge in [0.05, 0.1) is 6.04 Å². The summed E-state index contributed by atoms with van der Waals surface area (Å²) in [6.07, 6.45) is 0.776. The lowest BCUT2D eigenvalue weighted by Crippen LogP contribution is -2.56. The van der Waals surface area contributed by atoms with Crippen LogP contribution in [0.2, 0.25) is 0 Å². The molecule has 12 nitrogen and oxygen atoms in total. The maximum Gasteiger partial charge on any atom is 0.325 e. The molecule has 13 heteroatoms. The molecule has 160 valence electrons. The first-order valence-electron chi connectivity index (χ1n) is 8.55. The molecule has 0 bridgehead atoms. The van der Waals surface area contributed by atoms with Crippen LogP contribution >= 0.6 is 12.6 Å². The minimum absolute atomic E-state index is 0.0296. The van der Waals surface area contributed by atoms with Gasteiger partial charge in [-0.2, -0.15) is 12.6 Å².